The normalized spacial score (nSPS) is 11.4. The van der Waals surface area contributed by atoms with Crippen molar-refractivity contribution in [2.75, 3.05) is 6.54 Å². The maximum Gasteiger partial charge on any atom is 0.240 e. The van der Waals surface area contributed by atoms with Crippen LogP contribution in [0, 0.1) is 0 Å². The fourth-order valence-electron chi connectivity index (χ4n) is 3.07. The summed E-state index contributed by atoms with van der Waals surface area (Å²) in [5.74, 6) is -0.394. The van der Waals surface area contributed by atoms with E-state index in [-0.39, 0.29) is 30.4 Å². The van der Waals surface area contributed by atoms with Gasteiger partial charge in [-0.25, -0.2) is 0 Å². The van der Waals surface area contributed by atoms with Gasteiger partial charge in [-0.2, -0.15) is 0 Å². The Bertz CT molecular complexity index is 953. The minimum Gasteiger partial charge on any atom is -0.350 e. The number of para-hydroxylation sites is 1. The molecule has 5 heteroatoms. The molecule has 0 aliphatic heterocycles. The molecule has 0 fully saturated rings. The number of nitrogens with one attached hydrogen (secondary N) is 2. The highest BCUT2D eigenvalue weighted by molar-refractivity contribution is 5.90. The molecule has 0 saturated carbocycles. The number of benzene rings is 2. The van der Waals surface area contributed by atoms with Crippen LogP contribution >= 0.6 is 0 Å². The van der Waals surface area contributed by atoms with Crippen LogP contribution in [0.2, 0.25) is 0 Å². The Hall–Kier alpha value is -3.08. The van der Waals surface area contributed by atoms with E-state index in [1.807, 2.05) is 79.9 Å². The average molecular weight is 363 g/mol. The zero-order valence-corrected chi connectivity index (χ0v) is 16.0. The van der Waals surface area contributed by atoms with E-state index in [0.29, 0.717) is 0 Å². The third-order valence-electron chi connectivity index (χ3n) is 4.14. The smallest absolute Gasteiger partial charge is 0.240 e. The Morgan fingerprint density at radius 1 is 0.926 bits per heavy atom. The van der Waals surface area contributed by atoms with E-state index in [4.69, 9.17) is 0 Å². The predicted octanol–water partition coefficient (Wildman–Crippen LogP) is 3.34. The van der Waals surface area contributed by atoms with E-state index >= 15 is 0 Å². The second kappa shape index (κ2) is 7.66. The lowest BCUT2D eigenvalue weighted by Crippen LogP contribution is -2.46. The molecule has 0 spiro atoms. The number of hydrogen-bond donors (Lipinski definition) is 2. The van der Waals surface area contributed by atoms with Crippen LogP contribution in [0.5, 0.6) is 0 Å². The molecule has 1 heterocycles. The van der Waals surface area contributed by atoms with Gasteiger partial charge in [0.15, 0.2) is 0 Å². The number of carbonyl (C=O) groups is 2. The molecule has 2 N–H and O–H groups in total. The van der Waals surface area contributed by atoms with Gasteiger partial charge in [-0.3, -0.25) is 9.59 Å². The monoisotopic (exact) mass is 363 g/mol. The van der Waals surface area contributed by atoms with Crippen molar-refractivity contribution in [1.82, 2.24) is 15.2 Å². The van der Waals surface area contributed by atoms with E-state index in [1.54, 1.807) is 0 Å². The molecule has 2 aromatic carbocycles. The van der Waals surface area contributed by atoms with Crippen LogP contribution in [0.3, 0.4) is 0 Å². The summed E-state index contributed by atoms with van der Waals surface area (Å²) < 4.78 is 1.99. The first-order chi connectivity index (χ1) is 12.8. The van der Waals surface area contributed by atoms with Crippen LogP contribution in [0.25, 0.3) is 22.2 Å². The van der Waals surface area contributed by atoms with Gasteiger partial charge < -0.3 is 15.2 Å². The van der Waals surface area contributed by atoms with Crippen LogP contribution in [-0.2, 0) is 16.1 Å². The molecular weight excluding hydrogens is 338 g/mol. The van der Waals surface area contributed by atoms with Gasteiger partial charge in [-0.05, 0) is 38.5 Å². The lowest BCUT2D eigenvalue weighted by molar-refractivity contribution is -0.127. The molecule has 0 unspecified atom stereocenters. The third kappa shape index (κ3) is 4.76. The topological polar surface area (TPSA) is 63.1 Å². The van der Waals surface area contributed by atoms with E-state index < -0.39 is 0 Å². The number of rotatable bonds is 5. The van der Waals surface area contributed by atoms with Crippen LogP contribution in [0.4, 0.5) is 0 Å². The largest absolute Gasteiger partial charge is 0.350 e. The van der Waals surface area contributed by atoms with E-state index in [2.05, 4.69) is 16.7 Å². The summed E-state index contributed by atoms with van der Waals surface area (Å²) in [5, 5.41) is 6.63. The standard InChI is InChI=1S/C22H25N3O2/c1-22(2,3)24-20(26)14-23-21(27)15-25-18-12-8-7-11-17(18)13-19(25)16-9-5-4-6-10-16/h4-13H,14-15H2,1-3H3,(H,23,27)(H,24,26). The van der Waals surface area contributed by atoms with Gasteiger partial charge in [0.05, 0.1) is 6.54 Å². The van der Waals surface area contributed by atoms with Crippen molar-refractivity contribution in [1.29, 1.82) is 0 Å². The molecule has 1 aromatic heterocycles. The first kappa shape index (κ1) is 18.7. The van der Waals surface area contributed by atoms with Crippen molar-refractivity contribution in [2.24, 2.45) is 0 Å². The Labute approximate surface area is 159 Å². The second-order valence-corrected chi connectivity index (χ2v) is 7.62. The Morgan fingerprint density at radius 2 is 1.59 bits per heavy atom. The maximum atomic E-state index is 12.5. The molecule has 3 rings (SSSR count). The van der Waals surface area contributed by atoms with Crippen molar-refractivity contribution in [3.05, 3.63) is 60.7 Å². The summed E-state index contributed by atoms with van der Waals surface area (Å²) in [7, 11) is 0. The lowest BCUT2D eigenvalue weighted by atomic mass is 10.1. The van der Waals surface area contributed by atoms with Crippen LogP contribution in [0.15, 0.2) is 60.7 Å². The first-order valence-corrected chi connectivity index (χ1v) is 9.05. The molecular formula is C22H25N3O2. The summed E-state index contributed by atoms with van der Waals surface area (Å²) in [6, 6.07) is 20.1. The summed E-state index contributed by atoms with van der Waals surface area (Å²) in [5.41, 5.74) is 2.70. The number of carbonyl (C=O) groups excluding carboxylic acids is 2. The Kier molecular flexibility index (Phi) is 5.31. The van der Waals surface area contributed by atoms with Crippen molar-refractivity contribution >= 4 is 22.7 Å². The Balaban J connectivity index is 1.80. The molecule has 0 radical (unpaired) electrons. The second-order valence-electron chi connectivity index (χ2n) is 7.62. The molecule has 0 bridgehead atoms. The van der Waals surface area contributed by atoms with Crippen LogP contribution in [-0.4, -0.2) is 28.5 Å². The maximum absolute atomic E-state index is 12.5. The number of hydrogen-bond acceptors (Lipinski definition) is 2. The van der Waals surface area contributed by atoms with Gasteiger partial charge in [-0.15, -0.1) is 0 Å². The van der Waals surface area contributed by atoms with Crippen LogP contribution < -0.4 is 10.6 Å². The molecule has 0 aliphatic rings. The molecule has 0 aliphatic carbocycles. The predicted molar refractivity (Wildman–Crippen MR) is 108 cm³/mol. The molecule has 140 valence electrons. The fourth-order valence-corrected chi connectivity index (χ4v) is 3.07. The molecule has 0 saturated heterocycles. The zero-order chi connectivity index (χ0) is 19.4. The van der Waals surface area contributed by atoms with E-state index in [0.717, 1.165) is 22.2 Å². The van der Waals surface area contributed by atoms with Gasteiger partial charge in [-0.1, -0.05) is 48.5 Å². The van der Waals surface area contributed by atoms with Gasteiger partial charge >= 0.3 is 0 Å². The zero-order valence-electron chi connectivity index (χ0n) is 16.0. The molecule has 0 atom stereocenters. The number of fused-ring (bicyclic) bond motifs is 1. The summed E-state index contributed by atoms with van der Waals surface area (Å²) in [4.78, 5) is 24.4. The molecule has 3 aromatic rings. The van der Waals surface area contributed by atoms with Gasteiger partial charge in [0.2, 0.25) is 11.8 Å². The van der Waals surface area contributed by atoms with Crippen molar-refractivity contribution in [3.63, 3.8) is 0 Å². The van der Waals surface area contributed by atoms with Gasteiger partial charge in [0, 0.05) is 22.1 Å². The molecule has 2 amide bonds. The highest BCUT2D eigenvalue weighted by Gasteiger charge is 2.16. The summed E-state index contributed by atoms with van der Waals surface area (Å²) >= 11 is 0. The van der Waals surface area contributed by atoms with Crippen LogP contribution in [0.1, 0.15) is 20.8 Å². The SMILES string of the molecule is CC(C)(C)NC(=O)CNC(=O)Cn1c(-c2ccccc2)cc2ccccc21. The van der Waals surface area contributed by atoms with Crippen molar-refractivity contribution in [2.45, 2.75) is 32.9 Å². The van der Waals surface area contributed by atoms with Crippen molar-refractivity contribution in [3.8, 4) is 11.3 Å². The van der Waals surface area contributed by atoms with Crippen molar-refractivity contribution < 1.29 is 9.59 Å². The highest BCUT2D eigenvalue weighted by Crippen LogP contribution is 2.28. The lowest BCUT2D eigenvalue weighted by Gasteiger charge is -2.20. The third-order valence-corrected chi connectivity index (χ3v) is 4.14. The summed E-state index contributed by atoms with van der Waals surface area (Å²) in [6.45, 7) is 5.84. The molecule has 5 nitrogen and oxygen atoms in total. The average Bonchev–Trinajstić information content (AvgIpc) is 2.98. The highest BCUT2D eigenvalue weighted by atomic mass is 16.2. The van der Waals surface area contributed by atoms with E-state index in [9.17, 15) is 9.59 Å². The first-order valence-electron chi connectivity index (χ1n) is 9.05. The fraction of sp³-hybridized carbons (Fsp3) is 0.273. The van der Waals surface area contributed by atoms with E-state index in [1.165, 1.54) is 0 Å². The van der Waals surface area contributed by atoms with Gasteiger partial charge in [0.25, 0.3) is 0 Å². The molecule has 27 heavy (non-hydrogen) atoms. The van der Waals surface area contributed by atoms with Gasteiger partial charge in [0.1, 0.15) is 6.54 Å². The number of amides is 2. The Morgan fingerprint density at radius 3 is 2.30 bits per heavy atom. The quantitative estimate of drug-likeness (QED) is 0.730. The minimum absolute atomic E-state index is 0.0318. The summed E-state index contributed by atoms with van der Waals surface area (Å²) in [6.07, 6.45) is 0. The number of aromatic nitrogens is 1. The minimum atomic E-state index is -0.321. The number of nitrogens with zero attached hydrogens (tertiary/aromatic N) is 1.